The van der Waals surface area contributed by atoms with Crippen molar-refractivity contribution in [1.29, 1.82) is 0 Å². The zero-order chi connectivity index (χ0) is 13.9. The zero-order valence-electron chi connectivity index (χ0n) is 11.0. The summed E-state index contributed by atoms with van der Waals surface area (Å²) in [5, 5.41) is 9.92. The highest BCUT2D eigenvalue weighted by molar-refractivity contribution is 6.35. The van der Waals surface area contributed by atoms with Crippen molar-refractivity contribution in [2.45, 2.75) is 19.8 Å². The van der Waals surface area contributed by atoms with Crippen molar-refractivity contribution >= 4 is 28.6 Å². The summed E-state index contributed by atoms with van der Waals surface area (Å²) < 4.78 is 1.92. The second kappa shape index (κ2) is 3.73. The summed E-state index contributed by atoms with van der Waals surface area (Å²) >= 11 is 6.19. The van der Waals surface area contributed by atoms with E-state index >= 15 is 0 Å². The van der Waals surface area contributed by atoms with Gasteiger partial charge in [-0.25, -0.2) is 4.98 Å². The normalized spacial score (nSPS) is 24.6. The molecule has 1 aliphatic carbocycles. The highest BCUT2D eigenvalue weighted by Gasteiger charge is 2.64. The van der Waals surface area contributed by atoms with E-state index in [2.05, 4.69) is 4.98 Å². The van der Waals surface area contributed by atoms with Gasteiger partial charge in [0.1, 0.15) is 5.82 Å². The van der Waals surface area contributed by atoms with E-state index in [9.17, 15) is 9.90 Å². The molecule has 0 radical (unpaired) electrons. The first-order chi connectivity index (χ1) is 8.85. The van der Waals surface area contributed by atoms with Gasteiger partial charge in [-0.2, -0.15) is 0 Å². The lowest BCUT2D eigenvalue weighted by molar-refractivity contribution is -0.139. The Bertz CT molecular complexity index is 690. The molecule has 0 spiro atoms. The molecule has 4 nitrogen and oxygen atoms in total. The molecule has 2 unspecified atom stereocenters. The number of hydrogen-bond donors (Lipinski definition) is 1. The summed E-state index contributed by atoms with van der Waals surface area (Å²) in [7, 11) is 1.89. The number of fused-ring (bicyclic) bond motifs is 1. The Kier molecular flexibility index (Phi) is 2.45. The minimum Gasteiger partial charge on any atom is -0.481 e. The fraction of sp³-hybridized carbons (Fsp3) is 0.429. The number of aliphatic carboxylic acids is 1. The summed E-state index contributed by atoms with van der Waals surface area (Å²) in [6.45, 7) is 3.94. The Morgan fingerprint density at radius 1 is 1.47 bits per heavy atom. The van der Waals surface area contributed by atoms with Crippen molar-refractivity contribution in [1.82, 2.24) is 9.55 Å². The van der Waals surface area contributed by atoms with Crippen LogP contribution >= 0.6 is 11.6 Å². The van der Waals surface area contributed by atoms with Crippen molar-refractivity contribution in [3.63, 3.8) is 0 Å². The molecule has 2 atom stereocenters. The molecule has 100 valence electrons. The highest BCUT2D eigenvalue weighted by Crippen LogP contribution is 2.64. The Balaban J connectivity index is 2.16. The number of imidazole rings is 1. The number of carbonyl (C=O) groups is 1. The predicted molar refractivity (Wildman–Crippen MR) is 73.4 cm³/mol. The molecule has 1 N–H and O–H groups in total. The number of aromatic nitrogens is 2. The van der Waals surface area contributed by atoms with Crippen LogP contribution in [0, 0.1) is 11.3 Å². The summed E-state index contributed by atoms with van der Waals surface area (Å²) in [6.07, 6.45) is 0. The molecule has 0 aliphatic heterocycles. The van der Waals surface area contributed by atoms with Gasteiger partial charge < -0.3 is 9.67 Å². The number of rotatable bonds is 2. The molecule has 1 aromatic carbocycles. The lowest BCUT2D eigenvalue weighted by atomic mass is 10.1. The van der Waals surface area contributed by atoms with Crippen LogP contribution < -0.4 is 0 Å². The van der Waals surface area contributed by atoms with Crippen molar-refractivity contribution in [2.75, 3.05) is 0 Å². The van der Waals surface area contributed by atoms with E-state index in [1.807, 2.05) is 43.7 Å². The maximum atomic E-state index is 11.3. The van der Waals surface area contributed by atoms with Crippen LogP contribution in [0.2, 0.25) is 5.02 Å². The second-order valence-electron chi connectivity index (χ2n) is 5.75. The molecule has 5 heteroatoms. The van der Waals surface area contributed by atoms with E-state index in [0.717, 1.165) is 16.9 Å². The van der Waals surface area contributed by atoms with Crippen LogP contribution in [0.15, 0.2) is 18.2 Å². The van der Waals surface area contributed by atoms with Crippen molar-refractivity contribution in [3.8, 4) is 0 Å². The number of carboxylic acids is 1. The van der Waals surface area contributed by atoms with Crippen molar-refractivity contribution in [3.05, 3.63) is 29.0 Å². The fourth-order valence-electron chi connectivity index (χ4n) is 3.10. The average Bonchev–Trinajstić information content (AvgIpc) is 2.71. The molecular formula is C14H15ClN2O2. The van der Waals surface area contributed by atoms with E-state index in [4.69, 9.17) is 11.6 Å². The number of carboxylic acid groups (broad SMARTS) is 1. The van der Waals surface area contributed by atoms with Crippen molar-refractivity contribution < 1.29 is 9.90 Å². The van der Waals surface area contributed by atoms with Crippen LogP contribution in [-0.2, 0) is 11.8 Å². The van der Waals surface area contributed by atoms with E-state index in [1.54, 1.807) is 0 Å². The largest absolute Gasteiger partial charge is 0.481 e. The van der Waals surface area contributed by atoms with Gasteiger partial charge in [0.05, 0.1) is 22.0 Å². The molecule has 1 aliphatic rings. The zero-order valence-corrected chi connectivity index (χ0v) is 11.8. The Morgan fingerprint density at radius 3 is 2.68 bits per heavy atom. The monoisotopic (exact) mass is 278 g/mol. The Morgan fingerprint density at radius 2 is 2.16 bits per heavy atom. The summed E-state index contributed by atoms with van der Waals surface area (Å²) in [4.78, 5) is 15.9. The van der Waals surface area contributed by atoms with E-state index in [-0.39, 0.29) is 17.3 Å². The minimum atomic E-state index is -0.756. The third kappa shape index (κ3) is 1.59. The van der Waals surface area contributed by atoms with Crippen LogP contribution in [0.5, 0.6) is 0 Å². The van der Waals surface area contributed by atoms with Crippen LogP contribution in [0.4, 0.5) is 0 Å². The lowest BCUT2D eigenvalue weighted by Crippen LogP contribution is -2.03. The summed E-state index contributed by atoms with van der Waals surface area (Å²) in [5.41, 5.74) is 1.43. The minimum absolute atomic E-state index is 0.0570. The summed E-state index contributed by atoms with van der Waals surface area (Å²) in [6, 6.07) is 5.58. The molecule has 3 rings (SSSR count). The number of aryl methyl sites for hydroxylation is 1. The van der Waals surface area contributed by atoms with Gasteiger partial charge in [-0.1, -0.05) is 31.5 Å². The fourth-order valence-corrected chi connectivity index (χ4v) is 3.39. The molecule has 1 saturated carbocycles. The van der Waals surface area contributed by atoms with Crippen LogP contribution in [-0.4, -0.2) is 20.6 Å². The smallest absolute Gasteiger partial charge is 0.307 e. The van der Waals surface area contributed by atoms with Gasteiger partial charge in [-0.3, -0.25) is 4.79 Å². The number of halogens is 1. The van der Waals surface area contributed by atoms with Crippen LogP contribution in [0.25, 0.3) is 11.0 Å². The van der Waals surface area contributed by atoms with Crippen LogP contribution in [0.1, 0.15) is 25.6 Å². The third-order valence-corrected chi connectivity index (χ3v) is 4.56. The van der Waals surface area contributed by atoms with Gasteiger partial charge in [0.15, 0.2) is 0 Å². The molecule has 0 saturated heterocycles. The van der Waals surface area contributed by atoms with Gasteiger partial charge in [-0.15, -0.1) is 0 Å². The molecule has 19 heavy (non-hydrogen) atoms. The number of hydrogen-bond acceptors (Lipinski definition) is 2. The van der Waals surface area contributed by atoms with Gasteiger partial charge in [0.2, 0.25) is 0 Å². The average molecular weight is 279 g/mol. The Labute approximate surface area is 116 Å². The van der Waals surface area contributed by atoms with Gasteiger partial charge in [0.25, 0.3) is 0 Å². The van der Waals surface area contributed by atoms with Gasteiger partial charge >= 0.3 is 5.97 Å². The first-order valence-electron chi connectivity index (χ1n) is 6.19. The molecule has 0 amide bonds. The molecule has 1 fully saturated rings. The van der Waals surface area contributed by atoms with Crippen molar-refractivity contribution in [2.24, 2.45) is 18.4 Å². The number of nitrogens with zero attached hydrogens (tertiary/aromatic N) is 2. The lowest BCUT2D eigenvalue weighted by Gasteiger charge is -2.04. The Hall–Kier alpha value is -1.55. The molecule has 0 bridgehead atoms. The maximum Gasteiger partial charge on any atom is 0.307 e. The molecule has 1 heterocycles. The summed E-state index contributed by atoms with van der Waals surface area (Å²) in [5.74, 6) is -0.381. The van der Waals surface area contributed by atoms with Gasteiger partial charge in [-0.05, 0) is 17.5 Å². The predicted octanol–water partition coefficient (Wildman–Crippen LogP) is 3.05. The van der Waals surface area contributed by atoms with E-state index in [0.29, 0.717) is 5.02 Å². The first kappa shape index (κ1) is 12.5. The highest BCUT2D eigenvalue weighted by atomic mass is 35.5. The molecule has 1 aromatic heterocycles. The number of para-hydroxylation sites is 1. The standard InChI is InChI=1S/C14H15ClN2O2/c1-14(2)9(10(14)13(18)19)12-16-8-6-4-5-7(15)11(8)17(12)3/h4-6,9-10H,1-3H3,(H,18,19). The number of benzene rings is 1. The van der Waals surface area contributed by atoms with Gasteiger partial charge in [0, 0.05) is 13.0 Å². The maximum absolute atomic E-state index is 11.3. The van der Waals surface area contributed by atoms with Crippen LogP contribution in [0.3, 0.4) is 0 Å². The van der Waals surface area contributed by atoms with E-state index < -0.39 is 5.97 Å². The SMILES string of the molecule is Cn1c(C2C(C(=O)O)C2(C)C)nc2cccc(Cl)c21. The first-order valence-corrected chi connectivity index (χ1v) is 6.57. The second-order valence-corrected chi connectivity index (χ2v) is 6.16. The third-order valence-electron chi connectivity index (χ3n) is 4.25. The topological polar surface area (TPSA) is 55.1 Å². The molecule has 2 aromatic rings. The van der Waals surface area contributed by atoms with E-state index in [1.165, 1.54) is 0 Å². The molecular weight excluding hydrogens is 264 g/mol. The quantitative estimate of drug-likeness (QED) is 0.918.